The van der Waals surface area contributed by atoms with E-state index in [0.29, 0.717) is 52.0 Å². The molecule has 0 unspecified atom stereocenters. The molecule has 0 aromatic rings. The molecule has 0 aliphatic carbocycles. The summed E-state index contributed by atoms with van der Waals surface area (Å²) in [5.74, 6) is -0.211. The van der Waals surface area contributed by atoms with E-state index in [1.807, 2.05) is 0 Å². The van der Waals surface area contributed by atoms with E-state index >= 15 is 0 Å². The molecule has 2 N–H and O–H groups in total. The van der Waals surface area contributed by atoms with Gasteiger partial charge >= 0.3 is 6.03 Å². The molecule has 0 aromatic heterocycles. The minimum absolute atomic E-state index is 0.211. The van der Waals surface area contributed by atoms with Crippen LogP contribution in [0.25, 0.3) is 0 Å². The number of carbonyl (C=O) groups excluding carboxylic acids is 5. The number of isocyanates is 3. The van der Waals surface area contributed by atoms with Crippen LogP contribution in [0.3, 0.4) is 0 Å². The Balaban J connectivity index is 4.33. The molecule has 0 aromatic carbocycles. The molecule has 0 bridgehead atoms. The number of hydrogen-bond acceptors (Lipinski definition) is 8. The first-order chi connectivity index (χ1) is 16.7. The van der Waals surface area contributed by atoms with Crippen molar-refractivity contribution in [1.29, 1.82) is 0 Å². The van der Waals surface area contributed by atoms with Crippen LogP contribution in [0.4, 0.5) is 4.79 Å². The molecule has 34 heavy (non-hydrogen) atoms. The first-order valence-corrected chi connectivity index (χ1v) is 12.1. The summed E-state index contributed by atoms with van der Waals surface area (Å²) >= 11 is 0. The Morgan fingerprint density at radius 2 is 1.09 bits per heavy atom. The fourth-order valence-electron chi connectivity index (χ4n) is 3.16. The van der Waals surface area contributed by atoms with Crippen LogP contribution < -0.4 is 10.7 Å². The second kappa shape index (κ2) is 24.5. The third kappa shape index (κ3) is 20.8. The summed E-state index contributed by atoms with van der Waals surface area (Å²) in [6.45, 7) is 2.27. The van der Waals surface area contributed by atoms with E-state index in [-0.39, 0.29) is 11.9 Å². The van der Waals surface area contributed by atoms with Gasteiger partial charge in [-0.1, -0.05) is 38.5 Å². The van der Waals surface area contributed by atoms with Crippen molar-refractivity contribution in [2.45, 2.75) is 83.5 Å². The molecule has 0 spiro atoms. The average Bonchev–Trinajstić information content (AvgIpc) is 2.83. The molecule has 3 amide bonds. The van der Waals surface area contributed by atoms with Gasteiger partial charge in [-0.05, 0) is 38.5 Å². The molecular formula is C23H38N6O5. The maximum Gasteiger partial charge on any atom is 0.336 e. The van der Waals surface area contributed by atoms with Crippen molar-refractivity contribution in [1.82, 2.24) is 15.8 Å². The number of nitrogens with one attached hydrogen (secondary N) is 2. The smallest absolute Gasteiger partial charge is 0.336 e. The van der Waals surface area contributed by atoms with Gasteiger partial charge in [0, 0.05) is 19.5 Å². The first kappa shape index (κ1) is 30.9. The maximum atomic E-state index is 12.6. The summed E-state index contributed by atoms with van der Waals surface area (Å²) in [7, 11) is 0. The first-order valence-electron chi connectivity index (χ1n) is 12.1. The van der Waals surface area contributed by atoms with Crippen molar-refractivity contribution in [3.05, 3.63) is 0 Å². The van der Waals surface area contributed by atoms with Crippen LogP contribution in [0.5, 0.6) is 0 Å². The molecule has 11 nitrogen and oxygen atoms in total. The van der Waals surface area contributed by atoms with E-state index in [1.165, 1.54) is 23.2 Å². The molecule has 190 valence electrons. The number of urea groups is 1. The van der Waals surface area contributed by atoms with Crippen LogP contribution in [-0.2, 0) is 19.2 Å². The Morgan fingerprint density at radius 3 is 1.62 bits per heavy atom. The van der Waals surface area contributed by atoms with Gasteiger partial charge in [-0.15, -0.1) is 0 Å². The largest absolute Gasteiger partial charge is 0.337 e. The average molecular weight is 479 g/mol. The Kier molecular flexibility index (Phi) is 22.3. The summed E-state index contributed by atoms with van der Waals surface area (Å²) < 4.78 is 0. The molecular weight excluding hydrogens is 440 g/mol. The quantitative estimate of drug-likeness (QED) is 0.112. The molecule has 0 radical (unpaired) electrons. The number of aliphatic imine (C=N–C) groups is 3. The summed E-state index contributed by atoms with van der Waals surface area (Å²) in [5.41, 5.74) is 2.71. The normalized spacial score (nSPS) is 9.76. The molecule has 0 saturated carbocycles. The highest BCUT2D eigenvalue weighted by molar-refractivity contribution is 5.81. The molecule has 0 rings (SSSR count). The SMILES string of the molecule is O=C=NCCCCCCNC(=O)N(CCCCCCN=C=O)NC(=O)CCCCCCN=C=O. The van der Waals surface area contributed by atoms with E-state index in [2.05, 4.69) is 25.7 Å². The predicted octanol–water partition coefficient (Wildman–Crippen LogP) is 3.11. The number of amides is 3. The van der Waals surface area contributed by atoms with E-state index < -0.39 is 0 Å². The van der Waals surface area contributed by atoms with Crippen molar-refractivity contribution in [3.8, 4) is 0 Å². The molecule has 0 fully saturated rings. The van der Waals surface area contributed by atoms with Crippen LogP contribution in [0.15, 0.2) is 15.0 Å². The van der Waals surface area contributed by atoms with Gasteiger partial charge in [-0.2, -0.15) is 0 Å². The summed E-state index contributed by atoms with van der Waals surface area (Å²) in [6, 6.07) is -0.337. The summed E-state index contributed by atoms with van der Waals surface area (Å²) in [5, 5.41) is 4.18. The van der Waals surface area contributed by atoms with Gasteiger partial charge in [0.1, 0.15) is 0 Å². The molecule has 11 heteroatoms. The Morgan fingerprint density at radius 1 is 0.618 bits per heavy atom. The van der Waals surface area contributed by atoms with Gasteiger partial charge in [-0.25, -0.2) is 39.2 Å². The van der Waals surface area contributed by atoms with Gasteiger partial charge in [0.2, 0.25) is 24.1 Å². The zero-order chi connectivity index (χ0) is 25.1. The van der Waals surface area contributed by atoms with Crippen molar-refractivity contribution >= 4 is 30.2 Å². The minimum Gasteiger partial charge on any atom is -0.337 e. The zero-order valence-corrected chi connectivity index (χ0v) is 20.1. The lowest BCUT2D eigenvalue weighted by atomic mass is 10.1. The lowest BCUT2D eigenvalue weighted by molar-refractivity contribution is -0.125. The standard InChI is InChI=1S/C23H38N6O5/c30-19-24-14-8-2-1-7-13-22(33)28-29(18-12-6-5-10-16-26-21-32)23(34)27-17-11-4-3-9-15-25-20-31/h1-18H2,(H,27,34)(H,28,33). The Hall–Kier alpha value is -3.12. The minimum atomic E-state index is -0.337. The number of nitrogens with zero attached hydrogens (tertiary/aromatic N) is 4. The van der Waals surface area contributed by atoms with Gasteiger partial charge in [0.15, 0.2) is 0 Å². The topological polar surface area (TPSA) is 150 Å². The monoisotopic (exact) mass is 478 g/mol. The fourth-order valence-corrected chi connectivity index (χ4v) is 3.16. The lowest BCUT2D eigenvalue weighted by Gasteiger charge is -2.24. The number of unbranched alkanes of at least 4 members (excludes halogenated alkanes) is 9. The molecule has 0 saturated heterocycles. The summed E-state index contributed by atoms with van der Waals surface area (Å²) in [4.78, 5) is 65.5. The third-order valence-corrected chi connectivity index (χ3v) is 5.00. The van der Waals surface area contributed by atoms with Crippen molar-refractivity contribution in [2.75, 3.05) is 32.7 Å². The Labute approximate surface area is 201 Å². The highest BCUT2D eigenvalue weighted by Crippen LogP contribution is 2.05. The fraction of sp³-hybridized carbons (Fsp3) is 0.783. The summed E-state index contributed by atoms with van der Waals surface area (Å²) in [6.07, 6.45) is 14.7. The number of carbonyl (C=O) groups is 2. The molecule has 0 heterocycles. The van der Waals surface area contributed by atoms with E-state index in [9.17, 15) is 24.0 Å². The number of hydrazine groups is 1. The van der Waals surface area contributed by atoms with E-state index in [1.54, 1.807) is 0 Å². The maximum absolute atomic E-state index is 12.6. The lowest BCUT2D eigenvalue weighted by Crippen LogP contribution is -2.51. The second-order valence-corrected chi connectivity index (χ2v) is 7.83. The van der Waals surface area contributed by atoms with Crippen molar-refractivity contribution in [2.24, 2.45) is 15.0 Å². The second-order valence-electron chi connectivity index (χ2n) is 7.83. The highest BCUT2D eigenvalue weighted by Gasteiger charge is 2.15. The van der Waals surface area contributed by atoms with Crippen LogP contribution in [-0.4, -0.2) is 67.9 Å². The van der Waals surface area contributed by atoms with Gasteiger partial charge in [-0.3, -0.25) is 10.2 Å². The van der Waals surface area contributed by atoms with Crippen LogP contribution in [0.2, 0.25) is 0 Å². The van der Waals surface area contributed by atoms with Gasteiger partial charge < -0.3 is 5.32 Å². The molecule has 0 aliphatic heterocycles. The number of hydrogen-bond donors (Lipinski definition) is 2. The van der Waals surface area contributed by atoms with Crippen LogP contribution in [0, 0.1) is 0 Å². The molecule has 0 atom stereocenters. The van der Waals surface area contributed by atoms with Crippen LogP contribution in [0.1, 0.15) is 83.5 Å². The Bertz CT molecular complexity index is 698. The van der Waals surface area contributed by atoms with E-state index in [4.69, 9.17) is 0 Å². The molecule has 0 aliphatic rings. The van der Waals surface area contributed by atoms with Crippen molar-refractivity contribution < 1.29 is 24.0 Å². The van der Waals surface area contributed by atoms with Crippen LogP contribution >= 0.6 is 0 Å². The predicted molar refractivity (Wildman–Crippen MR) is 127 cm³/mol. The number of rotatable bonds is 21. The van der Waals surface area contributed by atoms with E-state index in [0.717, 1.165) is 64.2 Å². The highest BCUT2D eigenvalue weighted by atomic mass is 16.2. The van der Waals surface area contributed by atoms with Crippen molar-refractivity contribution in [3.63, 3.8) is 0 Å². The van der Waals surface area contributed by atoms with Gasteiger partial charge in [0.05, 0.1) is 19.6 Å². The third-order valence-electron chi connectivity index (χ3n) is 5.00. The van der Waals surface area contributed by atoms with Gasteiger partial charge in [0.25, 0.3) is 0 Å². The zero-order valence-electron chi connectivity index (χ0n) is 20.1.